The number of rotatable bonds is 2. The first-order chi connectivity index (χ1) is 6.92. The molecule has 2 fully saturated rings. The van der Waals surface area contributed by atoms with Crippen LogP contribution < -0.4 is 11.1 Å². The molecule has 2 aliphatic rings. The Morgan fingerprint density at radius 2 is 2.13 bits per heavy atom. The van der Waals surface area contributed by atoms with Crippen LogP contribution in [0.5, 0.6) is 0 Å². The summed E-state index contributed by atoms with van der Waals surface area (Å²) in [6.45, 7) is 5.63. The van der Waals surface area contributed by atoms with Crippen LogP contribution in [0.25, 0.3) is 0 Å². The number of hydrogen-bond donors (Lipinski definition) is 2. The molecule has 3 N–H and O–H groups in total. The molecule has 0 radical (unpaired) electrons. The van der Waals surface area contributed by atoms with E-state index in [1.807, 2.05) is 0 Å². The Morgan fingerprint density at radius 3 is 2.93 bits per heavy atom. The van der Waals surface area contributed by atoms with Crippen LogP contribution in [0.3, 0.4) is 0 Å². The molecule has 90 valence electrons. The zero-order valence-electron chi connectivity index (χ0n) is 9.45. The van der Waals surface area contributed by atoms with Gasteiger partial charge in [0, 0.05) is 19.1 Å². The molecule has 2 heterocycles. The van der Waals surface area contributed by atoms with Gasteiger partial charge in [0.25, 0.3) is 0 Å². The molecule has 0 saturated carbocycles. The van der Waals surface area contributed by atoms with Crippen molar-refractivity contribution in [3.8, 4) is 0 Å². The van der Waals surface area contributed by atoms with Crippen molar-refractivity contribution in [1.29, 1.82) is 0 Å². The van der Waals surface area contributed by atoms with Crippen LogP contribution in [0, 0.1) is 5.92 Å². The fraction of sp³-hybridized carbons (Fsp3) is 1.00. The molecule has 2 atom stereocenters. The van der Waals surface area contributed by atoms with Crippen molar-refractivity contribution in [1.82, 2.24) is 10.2 Å². The fourth-order valence-corrected chi connectivity index (χ4v) is 3.04. The van der Waals surface area contributed by atoms with Crippen molar-refractivity contribution in [2.24, 2.45) is 11.7 Å². The summed E-state index contributed by atoms with van der Waals surface area (Å²) in [5.74, 6) is 0.887. The molecule has 0 aromatic carbocycles. The van der Waals surface area contributed by atoms with Gasteiger partial charge in [-0.15, -0.1) is 12.4 Å². The van der Waals surface area contributed by atoms with Crippen molar-refractivity contribution in [2.75, 3.05) is 32.7 Å². The molecule has 0 aromatic heterocycles. The zero-order chi connectivity index (χ0) is 9.80. The Balaban J connectivity index is 0.00000112. The van der Waals surface area contributed by atoms with Crippen molar-refractivity contribution in [3.05, 3.63) is 0 Å². The number of halogens is 1. The highest BCUT2D eigenvalue weighted by Crippen LogP contribution is 2.27. The molecular formula is C11H24ClN3. The predicted octanol–water partition coefficient (Wildman–Crippen LogP) is 0.831. The summed E-state index contributed by atoms with van der Waals surface area (Å²) in [5, 5.41) is 3.55. The maximum atomic E-state index is 5.66. The van der Waals surface area contributed by atoms with Crippen LogP contribution in [0.4, 0.5) is 0 Å². The third-order valence-corrected chi connectivity index (χ3v) is 3.71. The lowest BCUT2D eigenvalue weighted by atomic mass is 9.87. The Hall–Kier alpha value is 0.170. The number of nitrogens with zero attached hydrogens (tertiary/aromatic N) is 1. The predicted molar refractivity (Wildman–Crippen MR) is 66.5 cm³/mol. The van der Waals surface area contributed by atoms with E-state index in [1.54, 1.807) is 0 Å². The fourth-order valence-electron chi connectivity index (χ4n) is 3.04. The first kappa shape index (κ1) is 13.2. The first-order valence-electron chi connectivity index (χ1n) is 6.06. The SMILES string of the molecule is Cl.NCCN1CCCC2CNCCCC21. The van der Waals surface area contributed by atoms with Crippen molar-refractivity contribution in [2.45, 2.75) is 31.7 Å². The molecule has 2 aliphatic heterocycles. The van der Waals surface area contributed by atoms with E-state index in [0.717, 1.165) is 25.0 Å². The van der Waals surface area contributed by atoms with Gasteiger partial charge in [-0.3, -0.25) is 4.90 Å². The van der Waals surface area contributed by atoms with Gasteiger partial charge in [-0.1, -0.05) is 0 Å². The van der Waals surface area contributed by atoms with Gasteiger partial charge in [0.15, 0.2) is 0 Å². The number of nitrogens with two attached hydrogens (primary N) is 1. The quantitative estimate of drug-likeness (QED) is 0.743. The molecule has 0 aromatic rings. The Morgan fingerprint density at radius 1 is 1.27 bits per heavy atom. The Kier molecular flexibility index (Phi) is 5.90. The normalized spacial score (nSPS) is 32.6. The monoisotopic (exact) mass is 233 g/mol. The molecule has 2 unspecified atom stereocenters. The summed E-state index contributed by atoms with van der Waals surface area (Å²) >= 11 is 0. The summed E-state index contributed by atoms with van der Waals surface area (Å²) in [4.78, 5) is 2.63. The van der Waals surface area contributed by atoms with E-state index in [9.17, 15) is 0 Å². The van der Waals surface area contributed by atoms with E-state index in [-0.39, 0.29) is 12.4 Å². The van der Waals surface area contributed by atoms with Crippen molar-refractivity contribution >= 4 is 12.4 Å². The highest BCUT2D eigenvalue weighted by molar-refractivity contribution is 5.85. The lowest BCUT2D eigenvalue weighted by Gasteiger charge is -2.40. The molecule has 15 heavy (non-hydrogen) atoms. The van der Waals surface area contributed by atoms with Crippen LogP contribution >= 0.6 is 12.4 Å². The van der Waals surface area contributed by atoms with Crippen molar-refractivity contribution < 1.29 is 0 Å². The molecule has 2 saturated heterocycles. The lowest BCUT2D eigenvalue weighted by molar-refractivity contribution is 0.0955. The minimum Gasteiger partial charge on any atom is -0.329 e. The van der Waals surface area contributed by atoms with E-state index in [1.165, 1.54) is 45.3 Å². The number of hydrogen-bond acceptors (Lipinski definition) is 3. The van der Waals surface area contributed by atoms with Crippen LogP contribution in [0.15, 0.2) is 0 Å². The lowest BCUT2D eigenvalue weighted by Crippen LogP contribution is -2.48. The molecule has 0 aliphatic carbocycles. The first-order valence-corrected chi connectivity index (χ1v) is 6.06. The summed E-state index contributed by atoms with van der Waals surface area (Å²) in [7, 11) is 0. The third kappa shape index (κ3) is 3.31. The van der Waals surface area contributed by atoms with Gasteiger partial charge in [0.1, 0.15) is 0 Å². The van der Waals surface area contributed by atoms with Gasteiger partial charge >= 0.3 is 0 Å². The van der Waals surface area contributed by atoms with E-state index in [2.05, 4.69) is 10.2 Å². The van der Waals surface area contributed by atoms with Crippen LogP contribution in [-0.2, 0) is 0 Å². The number of likely N-dealkylation sites (tertiary alicyclic amines) is 1. The number of piperidine rings is 1. The summed E-state index contributed by atoms with van der Waals surface area (Å²) in [5.41, 5.74) is 5.66. The second-order valence-electron chi connectivity index (χ2n) is 4.64. The topological polar surface area (TPSA) is 41.3 Å². The average molecular weight is 234 g/mol. The van der Waals surface area contributed by atoms with Gasteiger partial charge < -0.3 is 11.1 Å². The maximum absolute atomic E-state index is 5.66. The summed E-state index contributed by atoms with van der Waals surface area (Å²) in [6.07, 6.45) is 5.49. The van der Waals surface area contributed by atoms with E-state index in [4.69, 9.17) is 5.73 Å². The van der Waals surface area contributed by atoms with Crippen LogP contribution in [-0.4, -0.2) is 43.7 Å². The molecule has 2 rings (SSSR count). The van der Waals surface area contributed by atoms with Gasteiger partial charge in [-0.2, -0.15) is 0 Å². The summed E-state index contributed by atoms with van der Waals surface area (Å²) in [6, 6.07) is 0.822. The standard InChI is InChI=1S/C11H23N3.ClH/c12-5-8-14-7-2-3-10-9-13-6-1-4-11(10)14;/h10-11,13H,1-9,12H2;1H. The minimum atomic E-state index is 0. The van der Waals surface area contributed by atoms with Crippen LogP contribution in [0.2, 0.25) is 0 Å². The van der Waals surface area contributed by atoms with Crippen molar-refractivity contribution in [3.63, 3.8) is 0 Å². The van der Waals surface area contributed by atoms with Gasteiger partial charge in [-0.25, -0.2) is 0 Å². The molecule has 0 amide bonds. The van der Waals surface area contributed by atoms with Gasteiger partial charge in [-0.05, 0) is 51.2 Å². The smallest absolute Gasteiger partial charge is 0.0137 e. The molecule has 0 spiro atoms. The Bertz CT molecular complexity index is 175. The largest absolute Gasteiger partial charge is 0.329 e. The second kappa shape index (κ2) is 6.69. The highest BCUT2D eigenvalue weighted by Gasteiger charge is 2.31. The zero-order valence-corrected chi connectivity index (χ0v) is 10.3. The highest BCUT2D eigenvalue weighted by atomic mass is 35.5. The van der Waals surface area contributed by atoms with E-state index in [0.29, 0.717) is 0 Å². The summed E-state index contributed by atoms with van der Waals surface area (Å²) < 4.78 is 0. The molecular weight excluding hydrogens is 210 g/mol. The average Bonchev–Trinajstić information content (AvgIpc) is 2.44. The Labute approximate surface area is 99.2 Å². The second-order valence-corrected chi connectivity index (χ2v) is 4.64. The maximum Gasteiger partial charge on any atom is 0.0137 e. The third-order valence-electron chi connectivity index (χ3n) is 3.71. The number of fused-ring (bicyclic) bond motifs is 1. The molecule has 0 bridgehead atoms. The van der Waals surface area contributed by atoms with Crippen LogP contribution in [0.1, 0.15) is 25.7 Å². The van der Waals surface area contributed by atoms with Gasteiger partial charge in [0.05, 0.1) is 0 Å². The van der Waals surface area contributed by atoms with Gasteiger partial charge in [0.2, 0.25) is 0 Å². The molecule has 3 nitrogen and oxygen atoms in total. The number of nitrogens with one attached hydrogen (secondary N) is 1. The minimum absolute atomic E-state index is 0. The van der Waals surface area contributed by atoms with E-state index >= 15 is 0 Å². The molecule has 4 heteroatoms. The van der Waals surface area contributed by atoms with E-state index < -0.39 is 0 Å².